The second-order valence-electron chi connectivity index (χ2n) is 7.40. The molecule has 0 saturated carbocycles. The second-order valence-corrected chi connectivity index (χ2v) is 7.40. The summed E-state index contributed by atoms with van der Waals surface area (Å²) in [6.07, 6.45) is 5.96. The van der Waals surface area contributed by atoms with E-state index >= 15 is 0 Å². The Hall–Kier alpha value is -4.14. The van der Waals surface area contributed by atoms with Gasteiger partial charge in [-0.05, 0) is 37.6 Å². The number of hydrogen-bond acceptors (Lipinski definition) is 6. The predicted molar refractivity (Wildman–Crippen MR) is 122 cm³/mol. The van der Waals surface area contributed by atoms with E-state index in [9.17, 15) is 9.59 Å². The highest BCUT2D eigenvalue weighted by atomic mass is 16.2. The lowest BCUT2D eigenvalue weighted by Crippen LogP contribution is -2.22. The van der Waals surface area contributed by atoms with E-state index in [4.69, 9.17) is 4.98 Å². The highest BCUT2D eigenvalue weighted by Gasteiger charge is 2.14. The minimum Gasteiger partial charge on any atom is -0.356 e. The quantitative estimate of drug-likeness (QED) is 0.387. The zero-order chi connectivity index (χ0) is 22.5. The lowest BCUT2D eigenvalue weighted by atomic mass is 10.1. The number of pyridine rings is 2. The topological polar surface area (TPSA) is 126 Å². The summed E-state index contributed by atoms with van der Waals surface area (Å²) in [5.41, 5.74) is 4.28. The van der Waals surface area contributed by atoms with Crippen LogP contribution in [0.1, 0.15) is 25.5 Å². The monoisotopic (exact) mass is 429 g/mol. The van der Waals surface area contributed by atoms with Crippen molar-refractivity contribution in [3.8, 4) is 22.8 Å². The summed E-state index contributed by atoms with van der Waals surface area (Å²) < 4.78 is 0. The van der Waals surface area contributed by atoms with Crippen molar-refractivity contribution in [2.75, 3.05) is 11.9 Å². The van der Waals surface area contributed by atoms with Gasteiger partial charge in [0.15, 0.2) is 5.82 Å². The van der Waals surface area contributed by atoms with Crippen molar-refractivity contribution in [3.05, 3.63) is 54.6 Å². The molecule has 0 saturated heterocycles. The van der Waals surface area contributed by atoms with Gasteiger partial charge in [0.1, 0.15) is 11.3 Å². The number of anilines is 1. The molecule has 9 nitrogen and oxygen atoms in total. The van der Waals surface area contributed by atoms with Crippen molar-refractivity contribution in [3.63, 3.8) is 0 Å². The first kappa shape index (κ1) is 21.1. The van der Waals surface area contributed by atoms with E-state index in [1.807, 2.05) is 43.5 Å². The molecule has 0 bridgehead atoms. The number of rotatable bonds is 7. The van der Waals surface area contributed by atoms with Crippen LogP contribution in [-0.2, 0) is 9.59 Å². The minimum atomic E-state index is -0.145. The van der Waals surface area contributed by atoms with Crippen molar-refractivity contribution in [2.24, 2.45) is 0 Å². The number of amides is 2. The maximum Gasteiger partial charge on any atom is 0.224 e. The Balaban J connectivity index is 1.60. The number of aryl methyl sites for hydroxylation is 1. The summed E-state index contributed by atoms with van der Waals surface area (Å²) in [6, 6.07) is 9.45. The third kappa shape index (κ3) is 4.94. The molecule has 0 aliphatic heterocycles. The van der Waals surface area contributed by atoms with Crippen LogP contribution in [0.5, 0.6) is 0 Å². The van der Waals surface area contributed by atoms with Gasteiger partial charge in [0.2, 0.25) is 11.8 Å². The minimum absolute atomic E-state index is 0.108. The average molecular weight is 429 g/mol. The van der Waals surface area contributed by atoms with E-state index < -0.39 is 0 Å². The van der Waals surface area contributed by atoms with E-state index in [2.05, 4.69) is 30.6 Å². The van der Waals surface area contributed by atoms with Crippen LogP contribution < -0.4 is 10.6 Å². The van der Waals surface area contributed by atoms with Crippen LogP contribution >= 0.6 is 0 Å². The molecule has 2 amide bonds. The van der Waals surface area contributed by atoms with E-state index in [-0.39, 0.29) is 11.8 Å². The molecule has 32 heavy (non-hydrogen) atoms. The Morgan fingerprint density at radius 3 is 2.78 bits per heavy atom. The number of aromatic nitrogens is 5. The van der Waals surface area contributed by atoms with Crippen LogP contribution in [0, 0.1) is 6.92 Å². The van der Waals surface area contributed by atoms with E-state index in [1.54, 1.807) is 12.4 Å². The number of nitrogens with zero attached hydrogens (tertiary/aromatic N) is 4. The number of carbonyl (C=O) groups excluding carboxylic acids is 2. The molecule has 0 spiro atoms. The molecule has 0 aliphatic carbocycles. The molecule has 0 aliphatic rings. The third-order valence-corrected chi connectivity index (χ3v) is 4.78. The summed E-state index contributed by atoms with van der Waals surface area (Å²) >= 11 is 0. The van der Waals surface area contributed by atoms with Crippen LogP contribution in [0.2, 0.25) is 0 Å². The van der Waals surface area contributed by atoms with Crippen molar-refractivity contribution >= 4 is 28.5 Å². The van der Waals surface area contributed by atoms with Crippen LogP contribution in [0.3, 0.4) is 0 Å². The fraction of sp³-hybridized carbons (Fsp3) is 0.217. The lowest BCUT2D eigenvalue weighted by Gasteiger charge is -2.09. The van der Waals surface area contributed by atoms with Gasteiger partial charge in [-0.3, -0.25) is 14.6 Å². The molecule has 4 heterocycles. The fourth-order valence-corrected chi connectivity index (χ4v) is 3.32. The van der Waals surface area contributed by atoms with Crippen LogP contribution in [-0.4, -0.2) is 43.3 Å². The van der Waals surface area contributed by atoms with E-state index in [0.29, 0.717) is 47.9 Å². The molecule has 0 unspecified atom stereocenters. The van der Waals surface area contributed by atoms with E-state index in [0.717, 1.165) is 16.6 Å². The molecular weight excluding hydrogens is 406 g/mol. The standard InChI is InChI=1S/C23H23N7O2/c1-14-5-3-6-19(27-14)23-29-21(18-8-10-26-22(18)30-23)16-11-17(13-24-12-16)28-20(32)7-4-9-25-15(2)31/h3,5-6,8,10-13H,4,7,9H2,1-2H3,(H,25,31)(H,28,32)(H,26,29,30). The Morgan fingerprint density at radius 1 is 1.09 bits per heavy atom. The molecule has 0 atom stereocenters. The van der Waals surface area contributed by atoms with Gasteiger partial charge in [-0.15, -0.1) is 0 Å². The summed E-state index contributed by atoms with van der Waals surface area (Å²) in [6.45, 7) is 3.83. The second kappa shape index (κ2) is 9.34. The van der Waals surface area contributed by atoms with Gasteiger partial charge >= 0.3 is 0 Å². The van der Waals surface area contributed by atoms with Crippen molar-refractivity contribution in [1.82, 2.24) is 30.2 Å². The number of hydrogen-bond donors (Lipinski definition) is 3. The van der Waals surface area contributed by atoms with Crippen molar-refractivity contribution < 1.29 is 9.59 Å². The fourth-order valence-electron chi connectivity index (χ4n) is 3.32. The number of nitrogens with one attached hydrogen (secondary N) is 3. The van der Waals surface area contributed by atoms with Gasteiger partial charge in [0, 0.05) is 48.9 Å². The Labute approximate surface area is 184 Å². The number of aromatic amines is 1. The van der Waals surface area contributed by atoms with Crippen LogP contribution in [0.15, 0.2) is 48.9 Å². The van der Waals surface area contributed by atoms with Crippen LogP contribution in [0.4, 0.5) is 5.69 Å². The SMILES string of the molecule is CC(=O)NCCCC(=O)Nc1cncc(-c2nc(-c3cccc(C)n3)nc3[nH]ccc23)c1. The van der Waals surface area contributed by atoms with Crippen LogP contribution in [0.25, 0.3) is 33.8 Å². The first-order valence-electron chi connectivity index (χ1n) is 10.3. The number of H-pyrrole nitrogens is 1. The molecule has 0 radical (unpaired) electrons. The average Bonchev–Trinajstić information content (AvgIpc) is 3.25. The molecule has 4 rings (SSSR count). The predicted octanol–water partition coefficient (Wildman–Crippen LogP) is 3.25. The van der Waals surface area contributed by atoms with Crippen molar-refractivity contribution in [2.45, 2.75) is 26.7 Å². The summed E-state index contributed by atoms with van der Waals surface area (Å²) in [7, 11) is 0. The van der Waals surface area contributed by atoms with E-state index in [1.165, 1.54) is 6.92 Å². The van der Waals surface area contributed by atoms with Crippen molar-refractivity contribution in [1.29, 1.82) is 0 Å². The molecular formula is C23H23N7O2. The summed E-state index contributed by atoms with van der Waals surface area (Å²) in [5, 5.41) is 6.39. The highest BCUT2D eigenvalue weighted by Crippen LogP contribution is 2.29. The van der Waals surface area contributed by atoms with Gasteiger partial charge < -0.3 is 15.6 Å². The molecule has 4 aromatic heterocycles. The molecule has 0 fully saturated rings. The molecule has 9 heteroatoms. The Bertz CT molecular complexity index is 1280. The maximum atomic E-state index is 12.3. The Morgan fingerprint density at radius 2 is 1.97 bits per heavy atom. The summed E-state index contributed by atoms with van der Waals surface area (Å²) in [5.74, 6) is 0.253. The number of carbonyl (C=O) groups is 2. The smallest absolute Gasteiger partial charge is 0.224 e. The molecule has 4 aromatic rings. The molecule has 0 aromatic carbocycles. The maximum absolute atomic E-state index is 12.3. The largest absolute Gasteiger partial charge is 0.356 e. The normalized spacial score (nSPS) is 10.8. The highest BCUT2D eigenvalue weighted by molar-refractivity contribution is 5.94. The molecule has 162 valence electrons. The van der Waals surface area contributed by atoms with Gasteiger partial charge in [0.25, 0.3) is 0 Å². The van der Waals surface area contributed by atoms with Gasteiger partial charge in [-0.1, -0.05) is 6.07 Å². The first-order valence-corrected chi connectivity index (χ1v) is 10.3. The van der Waals surface area contributed by atoms with Gasteiger partial charge in [0.05, 0.1) is 17.6 Å². The van der Waals surface area contributed by atoms with Gasteiger partial charge in [-0.25, -0.2) is 15.0 Å². The Kier molecular flexibility index (Phi) is 6.16. The number of fused-ring (bicyclic) bond motifs is 1. The zero-order valence-corrected chi connectivity index (χ0v) is 17.8. The summed E-state index contributed by atoms with van der Waals surface area (Å²) in [4.78, 5) is 44.5. The zero-order valence-electron chi connectivity index (χ0n) is 17.8. The molecule has 3 N–H and O–H groups in total. The lowest BCUT2D eigenvalue weighted by molar-refractivity contribution is -0.119. The van der Waals surface area contributed by atoms with Gasteiger partial charge in [-0.2, -0.15) is 0 Å². The first-order chi connectivity index (χ1) is 15.5. The third-order valence-electron chi connectivity index (χ3n) is 4.78.